The zero-order valence-corrected chi connectivity index (χ0v) is 10.1. The van der Waals surface area contributed by atoms with E-state index in [2.05, 4.69) is 10.3 Å². The number of alkyl halides is 3. The zero-order valence-electron chi connectivity index (χ0n) is 10.1. The minimum absolute atomic E-state index is 0.392. The predicted octanol–water partition coefficient (Wildman–Crippen LogP) is 3.99. The van der Waals surface area contributed by atoms with E-state index in [1.807, 2.05) is 13.0 Å². The van der Waals surface area contributed by atoms with Crippen molar-refractivity contribution in [2.45, 2.75) is 20.0 Å². The Kier molecular flexibility index (Phi) is 3.15. The second-order valence-corrected chi connectivity index (χ2v) is 4.05. The minimum atomic E-state index is -4.43. The van der Waals surface area contributed by atoms with Crippen LogP contribution in [0.1, 0.15) is 18.2 Å². The summed E-state index contributed by atoms with van der Waals surface area (Å²) in [7, 11) is 0. The SMILES string of the molecule is CCNc1cc(C(F)(F)F)nc2c(C)cccc12. The van der Waals surface area contributed by atoms with Gasteiger partial charge in [-0.05, 0) is 25.5 Å². The fraction of sp³-hybridized carbons (Fsp3) is 0.308. The molecule has 0 fully saturated rings. The Morgan fingerprint density at radius 1 is 1.28 bits per heavy atom. The number of nitrogens with one attached hydrogen (secondary N) is 1. The first-order chi connectivity index (χ1) is 8.43. The van der Waals surface area contributed by atoms with Gasteiger partial charge in [-0.3, -0.25) is 0 Å². The number of aromatic nitrogens is 1. The van der Waals surface area contributed by atoms with Crippen LogP contribution in [0.4, 0.5) is 18.9 Å². The monoisotopic (exact) mass is 254 g/mol. The largest absolute Gasteiger partial charge is 0.433 e. The van der Waals surface area contributed by atoms with Crippen molar-refractivity contribution in [3.8, 4) is 0 Å². The third-order valence-electron chi connectivity index (χ3n) is 2.70. The van der Waals surface area contributed by atoms with Gasteiger partial charge in [0.05, 0.1) is 5.52 Å². The Bertz CT molecular complexity index is 576. The lowest BCUT2D eigenvalue weighted by Gasteiger charge is -2.13. The van der Waals surface area contributed by atoms with Crippen molar-refractivity contribution >= 4 is 16.6 Å². The molecule has 0 aliphatic heterocycles. The van der Waals surface area contributed by atoms with Crippen molar-refractivity contribution in [3.05, 3.63) is 35.5 Å². The molecule has 0 radical (unpaired) electrons. The average molecular weight is 254 g/mol. The quantitative estimate of drug-likeness (QED) is 0.876. The number of para-hydroxylation sites is 1. The van der Waals surface area contributed by atoms with Crippen LogP contribution in [0.25, 0.3) is 10.9 Å². The van der Waals surface area contributed by atoms with E-state index in [0.717, 1.165) is 11.6 Å². The van der Waals surface area contributed by atoms with E-state index in [1.54, 1.807) is 19.1 Å². The lowest BCUT2D eigenvalue weighted by Crippen LogP contribution is -2.10. The molecule has 0 atom stereocenters. The van der Waals surface area contributed by atoms with E-state index < -0.39 is 11.9 Å². The highest BCUT2D eigenvalue weighted by molar-refractivity contribution is 5.93. The number of pyridine rings is 1. The first-order valence-electron chi connectivity index (χ1n) is 5.65. The molecule has 0 spiro atoms. The maximum atomic E-state index is 12.8. The minimum Gasteiger partial charge on any atom is -0.385 e. The molecule has 1 aromatic carbocycles. The summed E-state index contributed by atoms with van der Waals surface area (Å²) < 4.78 is 38.3. The summed E-state index contributed by atoms with van der Waals surface area (Å²) in [6, 6.07) is 6.40. The number of aryl methyl sites for hydroxylation is 1. The summed E-state index contributed by atoms with van der Waals surface area (Å²) in [5, 5.41) is 3.66. The first kappa shape index (κ1) is 12.7. The van der Waals surface area contributed by atoms with Gasteiger partial charge in [0.15, 0.2) is 0 Å². The molecule has 5 heteroatoms. The Morgan fingerprint density at radius 3 is 2.61 bits per heavy atom. The van der Waals surface area contributed by atoms with Crippen molar-refractivity contribution in [2.75, 3.05) is 11.9 Å². The molecule has 1 N–H and O–H groups in total. The molecule has 2 aromatic rings. The molecular weight excluding hydrogens is 241 g/mol. The van der Waals surface area contributed by atoms with E-state index >= 15 is 0 Å². The predicted molar refractivity (Wildman–Crippen MR) is 65.6 cm³/mol. The van der Waals surface area contributed by atoms with E-state index in [1.165, 1.54) is 0 Å². The molecule has 2 rings (SSSR count). The number of nitrogens with zero attached hydrogens (tertiary/aromatic N) is 1. The van der Waals surface area contributed by atoms with Gasteiger partial charge in [-0.25, -0.2) is 4.98 Å². The van der Waals surface area contributed by atoms with Crippen LogP contribution in [0.5, 0.6) is 0 Å². The molecular formula is C13H13F3N2. The molecule has 0 saturated carbocycles. The molecule has 2 nitrogen and oxygen atoms in total. The molecule has 18 heavy (non-hydrogen) atoms. The molecule has 0 bridgehead atoms. The summed E-state index contributed by atoms with van der Waals surface area (Å²) in [5.41, 5.74) is 0.736. The highest BCUT2D eigenvalue weighted by Crippen LogP contribution is 2.33. The third kappa shape index (κ3) is 2.25. The second kappa shape index (κ2) is 4.48. The topological polar surface area (TPSA) is 24.9 Å². The van der Waals surface area contributed by atoms with Crippen LogP contribution in [0.3, 0.4) is 0 Å². The highest BCUT2D eigenvalue weighted by atomic mass is 19.4. The number of fused-ring (bicyclic) bond motifs is 1. The summed E-state index contributed by atoms with van der Waals surface area (Å²) in [5.74, 6) is 0. The van der Waals surface area contributed by atoms with Gasteiger partial charge in [-0.1, -0.05) is 18.2 Å². The molecule has 1 heterocycles. The summed E-state index contributed by atoms with van der Waals surface area (Å²) >= 11 is 0. The van der Waals surface area contributed by atoms with Gasteiger partial charge in [0, 0.05) is 17.6 Å². The summed E-state index contributed by atoms with van der Waals surface area (Å²) in [6.45, 7) is 4.16. The van der Waals surface area contributed by atoms with E-state index in [9.17, 15) is 13.2 Å². The molecule has 0 unspecified atom stereocenters. The Hall–Kier alpha value is -1.78. The molecule has 1 aromatic heterocycles. The van der Waals surface area contributed by atoms with Crippen molar-refractivity contribution in [1.29, 1.82) is 0 Å². The maximum absolute atomic E-state index is 12.8. The Balaban J connectivity index is 2.75. The third-order valence-corrected chi connectivity index (χ3v) is 2.70. The Morgan fingerprint density at radius 2 is 2.00 bits per heavy atom. The molecule has 0 saturated heterocycles. The lowest BCUT2D eigenvalue weighted by molar-refractivity contribution is -0.140. The number of anilines is 1. The smallest absolute Gasteiger partial charge is 0.385 e. The van der Waals surface area contributed by atoms with Gasteiger partial charge in [0.1, 0.15) is 5.69 Å². The van der Waals surface area contributed by atoms with Gasteiger partial charge >= 0.3 is 6.18 Å². The van der Waals surface area contributed by atoms with Crippen molar-refractivity contribution in [1.82, 2.24) is 4.98 Å². The number of benzene rings is 1. The van der Waals surface area contributed by atoms with Gasteiger partial charge in [-0.15, -0.1) is 0 Å². The van der Waals surface area contributed by atoms with Crippen molar-refractivity contribution in [3.63, 3.8) is 0 Å². The summed E-state index contributed by atoms with van der Waals surface area (Å²) in [4.78, 5) is 3.72. The van der Waals surface area contributed by atoms with Crippen LogP contribution >= 0.6 is 0 Å². The first-order valence-corrected chi connectivity index (χ1v) is 5.65. The van der Waals surface area contributed by atoms with Crippen LogP contribution in [0, 0.1) is 6.92 Å². The van der Waals surface area contributed by atoms with Gasteiger partial charge in [-0.2, -0.15) is 13.2 Å². The Labute approximate surface area is 103 Å². The number of halogens is 3. The van der Waals surface area contributed by atoms with Gasteiger partial charge in [0.25, 0.3) is 0 Å². The van der Waals surface area contributed by atoms with Gasteiger partial charge < -0.3 is 5.32 Å². The fourth-order valence-corrected chi connectivity index (χ4v) is 1.87. The second-order valence-electron chi connectivity index (χ2n) is 4.05. The zero-order chi connectivity index (χ0) is 13.3. The molecule has 96 valence electrons. The summed E-state index contributed by atoms with van der Waals surface area (Å²) in [6.07, 6.45) is -4.43. The number of rotatable bonds is 2. The molecule has 0 aliphatic rings. The highest BCUT2D eigenvalue weighted by Gasteiger charge is 2.33. The number of hydrogen-bond donors (Lipinski definition) is 1. The van der Waals surface area contributed by atoms with Gasteiger partial charge in [0.2, 0.25) is 0 Å². The fourth-order valence-electron chi connectivity index (χ4n) is 1.87. The average Bonchev–Trinajstić information content (AvgIpc) is 2.29. The number of hydrogen-bond acceptors (Lipinski definition) is 2. The normalized spacial score (nSPS) is 11.8. The van der Waals surface area contributed by atoms with E-state index in [0.29, 0.717) is 23.1 Å². The van der Waals surface area contributed by atoms with Crippen molar-refractivity contribution in [2.24, 2.45) is 0 Å². The van der Waals surface area contributed by atoms with Crippen molar-refractivity contribution < 1.29 is 13.2 Å². The van der Waals surface area contributed by atoms with E-state index in [-0.39, 0.29) is 0 Å². The standard InChI is InChI=1S/C13H13F3N2/c1-3-17-10-7-11(13(14,15)16)18-12-8(2)5-4-6-9(10)12/h4-7H,3H2,1-2H3,(H,17,18). The van der Waals surface area contributed by atoms with Crippen LogP contribution in [0.15, 0.2) is 24.3 Å². The van der Waals surface area contributed by atoms with E-state index in [4.69, 9.17) is 0 Å². The molecule has 0 aliphatic carbocycles. The van der Waals surface area contributed by atoms with Crippen LogP contribution < -0.4 is 5.32 Å². The molecule has 0 amide bonds. The van der Waals surface area contributed by atoms with Crippen LogP contribution in [0.2, 0.25) is 0 Å². The van der Waals surface area contributed by atoms with Crippen LogP contribution in [-0.4, -0.2) is 11.5 Å². The maximum Gasteiger partial charge on any atom is 0.433 e. The van der Waals surface area contributed by atoms with Crippen LogP contribution in [-0.2, 0) is 6.18 Å². The lowest BCUT2D eigenvalue weighted by atomic mass is 10.1.